The number of amides is 1. The number of hydrogen-bond donors (Lipinski definition) is 1. The molecule has 2 N–H and O–H groups in total. The number of carbonyl (C=O) groups is 1. The number of nitrogens with two attached hydrogens (primary N) is 1. The number of piperazine rings is 1. The first-order chi connectivity index (χ1) is 11.8. The summed E-state index contributed by atoms with van der Waals surface area (Å²) in [6.45, 7) is 10.7. The number of anilines is 1. The highest BCUT2D eigenvalue weighted by Gasteiger charge is 2.23. The van der Waals surface area contributed by atoms with E-state index in [1.54, 1.807) is 35.6 Å². The summed E-state index contributed by atoms with van der Waals surface area (Å²) in [5.41, 5.74) is 8.31. The number of aromatic nitrogens is 1. The van der Waals surface area contributed by atoms with Gasteiger partial charge in [-0.25, -0.2) is 4.98 Å². The van der Waals surface area contributed by atoms with Gasteiger partial charge in [0.05, 0.1) is 10.7 Å². The molecule has 0 aliphatic carbocycles. The standard InChI is InChI=1S/C19H26N4OS/c1-19(2,3)18-21-16(13-25-18)12-22-8-10-23(11-9-22)17(24)14-4-6-15(20)7-5-14/h4-7,13H,8-12,20H2,1-3H3. The first-order valence-electron chi connectivity index (χ1n) is 8.65. The van der Waals surface area contributed by atoms with E-state index in [0.717, 1.165) is 38.4 Å². The van der Waals surface area contributed by atoms with Gasteiger partial charge >= 0.3 is 0 Å². The van der Waals surface area contributed by atoms with Gasteiger partial charge in [0.1, 0.15) is 0 Å². The van der Waals surface area contributed by atoms with Gasteiger partial charge in [0.2, 0.25) is 0 Å². The van der Waals surface area contributed by atoms with Crippen molar-refractivity contribution in [3.8, 4) is 0 Å². The second kappa shape index (κ2) is 7.14. The van der Waals surface area contributed by atoms with E-state index in [2.05, 4.69) is 31.1 Å². The number of thiazole rings is 1. The molecule has 2 heterocycles. The topological polar surface area (TPSA) is 62.5 Å². The van der Waals surface area contributed by atoms with Gasteiger partial charge in [0.15, 0.2) is 0 Å². The maximum Gasteiger partial charge on any atom is 0.253 e. The number of hydrogen-bond acceptors (Lipinski definition) is 5. The van der Waals surface area contributed by atoms with Crippen LogP contribution >= 0.6 is 11.3 Å². The minimum Gasteiger partial charge on any atom is -0.399 e. The Hall–Kier alpha value is -1.92. The molecule has 5 nitrogen and oxygen atoms in total. The summed E-state index contributed by atoms with van der Waals surface area (Å²) in [4.78, 5) is 21.6. The zero-order chi connectivity index (χ0) is 18.0. The van der Waals surface area contributed by atoms with Gasteiger partial charge in [0, 0.05) is 54.8 Å². The first-order valence-corrected chi connectivity index (χ1v) is 9.53. The molecule has 1 aliphatic rings. The highest BCUT2D eigenvalue weighted by Crippen LogP contribution is 2.26. The average Bonchev–Trinajstić information content (AvgIpc) is 3.04. The molecular formula is C19H26N4OS. The van der Waals surface area contributed by atoms with E-state index < -0.39 is 0 Å². The molecule has 1 aliphatic heterocycles. The van der Waals surface area contributed by atoms with Crippen LogP contribution in [0.3, 0.4) is 0 Å². The van der Waals surface area contributed by atoms with Crippen LogP contribution in [0.5, 0.6) is 0 Å². The maximum absolute atomic E-state index is 12.5. The molecule has 0 radical (unpaired) electrons. The molecule has 1 saturated heterocycles. The summed E-state index contributed by atoms with van der Waals surface area (Å²) < 4.78 is 0. The minimum absolute atomic E-state index is 0.0864. The fourth-order valence-electron chi connectivity index (χ4n) is 2.87. The highest BCUT2D eigenvalue weighted by molar-refractivity contribution is 7.09. The van der Waals surface area contributed by atoms with Gasteiger partial charge < -0.3 is 10.6 Å². The average molecular weight is 359 g/mol. The van der Waals surface area contributed by atoms with Crippen molar-refractivity contribution in [3.63, 3.8) is 0 Å². The van der Waals surface area contributed by atoms with Crippen molar-refractivity contribution in [2.75, 3.05) is 31.9 Å². The Morgan fingerprint density at radius 2 is 1.80 bits per heavy atom. The molecule has 3 rings (SSSR count). The van der Waals surface area contributed by atoms with Gasteiger partial charge in [-0.2, -0.15) is 0 Å². The second-order valence-electron chi connectivity index (χ2n) is 7.58. The summed E-state index contributed by atoms with van der Waals surface area (Å²) in [5.74, 6) is 0.0864. The number of nitrogen functional groups attached to an aromatic ring is 1. The van der Waals surface area contributed by atoms with E-state index in [1.807, 2.05) is 4.90 Å². The monoisotopic (exact) mass is 358 g/mol. The molecule has 0 unspecified atom stereocenters. The molecule has 1 aromatic heterocycles. The van der Waals surface area contributed by atoms with Crippen molar-refractivity contribution in [1.29, 1.82) is 0 Å². The highest BCUT2D eigenvalue weighted by atomic mass is 32.1. The van der Waals surface area contributed by atoms with Crippen LogP contribution in [0.25, 0.3) is 0 Å². The maximum atomic E-state index is 12.5. The van der Waals surface area contributed by atoms with Gasteiger partial charge in [-0.15, -0.1) is 11.3 Å². The van der Waals surface area contributed by atoms with Gasteiger partial charge in [-0.1, -0.05) is 20.8 Å². The summed E-state index contributed by atoms with van der Waals surface area (Å²) in [7, 11) is 0. The van der Waals surface area contributed by atoms with Gasteiger partial charge in [0.25, 0.3) is 5.91 Å². The Morgan fingerprint density at radius 3 is 2.36 bits per heavy atom. The van der Waals surface area contributed by atoms with Crippen molar-refractivity contribution in [2.45, 2.75) is 32.7 Å². The Morgan fingerprint density at radius 1 is 1.16 bits per heavy atom. The molecule has 1 amide bonds. The summed E-state index contributed by atoms with van der Waals surface area (Å²) in [6, 6.07) is 7.15. The number of benzene rings is 1. The zero-order valence-corrected chi connectivity index (χ0v) is 16.0. The lowest BCUT2D eigenvalue weighted by atomic mass is 9.98. The van der Waals surface area contributed by atoms with Crippen LogP contribution in [0, 0.1) is 0 Å². The Bertz CT molecular complexity index is 725. The Balaban J connectivity index is 1.54. The largest absolute Gasteiger partial charge is 0.399 e. The van der Waals surface area contributed by atoms with E-state index in [9.17, 15) is 4.79 Å². The van der Waals surface area contributed by atoms with Crippen LogP contribution in [-0.4, -0.2) is 46.9 Å². The third-order valence-electron chi connectivity index (χ3n) is 4.40. The van der Waals surface area contributed by atoms with Crippen LogP contribution in [-0.2, 0) is 12.0 Å². The van der Waals surface area contributed by atoms with E-state index >= 15 is 0 Å². The lowest BCUT2D eigenvalue weighted by Gasteiger charge is -2.34. The first kappa shape index (κ1) is 17.9. The van der Waals surface area contributed by atoms with Crippen LogP contribution in [0.1, 0.15) is 41.8 Å². The molecule has 1 aromatic carbocycles. The number of rotatable bonds is 3. The molecule has 0 saturated carbocycles. The van der Waals surface area contributed by atoms with Crippen molar-refractivity contribution >= 4 is 22.9 Å². The fraction of sp³-hybridized carbons (Fsp3) is 0.474. The quantitative estimate of drug-likeness (QED) is 0.857. The van der Waals surface area contributed by atoms with Gasteiger partial charge in [-0.05, 0) is 24.3 Å². The summed E-state index contributed by atoms with van der Waals surface area (Å²) in [5, 5.41) is 3.34. The Kier molecular flexibility index (Phi) is 5.11. The fourth-order valence-corrected chi connectivity index (χ4v) is 3.77. The van der Waals surface area contributed by atoms with E-state index in [-0.39, 0.29) is 11.3 Å². The van der Waals surface area contributed by atoms with Crippen LogP contribution in [0.15, 0.2) is 29.6 Å². The number of nitrogens with zero attached hydrogens (tertiary/aromatic N) is 3. The van der Waals surface area contributed by atoms with E-state index in [1.165, 1.54) is 5.01 Å². The molecular weight excluding hydrogens is 332 g/mol. The van der Waals surface area contributed by atoms with Crippen molar-refractivity contribution < 1.29 is 4.79 Å². The van der Waals surface area contributed by atoms with Crippen LogP contribution < -0.4 is 5.73 Å². The summed E-state index contributed by atoms with van der Waals surface area (Å²) >= 11 is 1.74. The predicted molar refractivity (Wildman–Crippen MR) is 103 cm³/mol. The molecule has 134 valence electrons. The lowest BCUT2D eigenvalue weighted by molar-refractivity contribution is 0.0627. The zero-order valence-electron chi connectivity index (χ0n) is 15.2. The minimum atomic E-state index is 0.0864. The molecule has 1 fully saturated rings. The SMILES string of the molecule is CC(C)(C)c1nc(CN2CCN(C(=O)c3ccc(N)cc3)CC2)cs1. The van der Waals surface area contributed by atoms with Crippen molar-refractivity contribution in [3.05, 3.63) is 45.9 Å². The summed E-state index contributed by atoms with van der Waals surface area (Å²) in [6.07, 6.45) is 0. The van der Waals surface area contributed by atoms with Crippen LogP contribution in [0.2, 0.25) is 0 Å². The molecule has 25 heavy (non-hydrogen) atoms. The Labute approximate surface area is 153 Å². The smallest absolute Gasteiger partial charge is 0.253 e. The third kappa shape index (κ3) is 4.38. The molecule has 0 bridgehead atoms. The van der Waals surface area contributed by atoms with Crippen molar-refractivity contribution in [2.24, 2.45) is 0 Å². The molecule has 0 atom stereocenters. The van der Waals surface area contributed by atoms with E-state index in [0.29, 0.717) is 11.3 Å². The van der Waals surface area contributed by atoms with Crippen molar-refractivity contribution in [1.82, 2.24) is 14.8 Å². The lowest BCUT2D eigenvalue weighted by Crippen LogP contribution is -2.48. The normalized spacial score (nSPS) is 16.2. The number of carbonyl (C=O) groups excluding carboxylic acids is 1. The van der Waals surface area contributed by atoms with E-state index in [4.69, 9.17) is 10.7 Å². The molecule has 6 heteroatoms. The van der Waals surface area contributed by atoms with Crippen LogP contribution in [0.4, 0.5) is 5.69 Å². The third-order valence-corrected chi connectivity index (χ3v) is 5.71. The molecule has 0 spiro atoms. The second-order valence-corrected chi connectivity index (χ2v) is 8.44. The van der Waals surface area contributed by atoms with Gasteiger partial charge in [-0.3, -0.25) is 9.69 Å². The molecule has 2 aromatic rings. The predicted octanol–water partition coefficient (Wildman–Crippen LogP) is 2.98.